The second-order valence-corrected chi connectivity index (χ2v) is 9.67. The maximum atomic E-state index is 13.3. The third-order valence-corrected chi connectivity index (χ3v) is 7.74. The van der Waals surface area contributed by atoms with Gasteiger partial charge in [0, 0.05) is 55.4 Å². The minimum Gasteiger partial charge on any atom is -0.335 e. The number of carbonyl (C=O) groups is 2. The molecular formula is C21H19F3N4O2S2. The van der Waals surface area contributed by atoms with Gasteiger partial charge in [-0.25, -0.2) is 4.98 Å². The molecule has 3 aromatic rings. The van der Waals surface area contributed by atoms with E-state index in [1.54, 1.807) is 32.8 Å². The van der Waals surface area contributed by atoms with Crippen LogP contribution in [0.5, 0.6) is 0 Å². The predicted molar refractivity (Wildman–Crippen MR) is 116 cm³/mol. The number of halogens is 3. The van der Waals surface area contributed by atoms with Crippen LogP contribution in [0, 0.1) is 0 Å². The van der Waals surface area contributed by atoms with E-state index < -0.39 is 11.7 Å². The second kappa shape index (κ2) is 8.13. The van der Waals surface area contributed by atoms with Crippen molar-refractivity contribution >= 4 is 44.6 Å². The Morgan fingerprint density at radius 2 is 1.78 bits per heavy atom. The van der Waals surface area contributed by atoms with Gasteiger partial charge in [-0.3, -0.25) is 14.5 Å². The number of benzene rings is 1. The summed E-state index contributed by atoms with van der Waals surface area (Å²) in [5.41, 5.74) is 1.41. The number of thiazole rings is 1. The van der Waals surface area contributed by atoms with Gasteiger partial charge in [-0.15, -0.1) is 22.7 Å². The number of alkyl halides is 3. The fraction of sp³-hybridized carbons (Fsp3) is 0.381. The molecule has 32 heavy (non-hydrogen) atoms. The van der Waals surface area contributed by atoms with Crippen molar-refractivity contribution in [3.8, 4) is 0 Å². The number of aromatic nitrogens is 1. The summed E-state index contributed by atoms with van der Waals surface area (Å²) >= 11 is 2.29. The first-order valence-electron chi connectivity index (χ1n) is 10.1. The minimum atomic E-state index is -4.45. The van der Waals surface area contributed by atoms with Gasteiger partial charge in [0.25, 0.3) is 11.8 Å². The fourth-order valence-electron chi connectivity index (χ4n) is 4.17. The maximum Gasteiger partial charge on any atom is 0.417 e. The highest BCUT2D eigenvalue weighted by Gasteiger charge is 2.38. The van der Waals surface area contributed by atoms with E-state index in [0.29, 0.717) is 42.1 Å². The molecule has 2 aromatic heterocycles. The van der Waals surface area contributed by atoms with E-state index in [1.165, 1.54) is 17.4 Å². The summed E-state index contributed by atoms with van der Waals surface area (Å²) in [6, 6.07) is 5.77. The molecule has 2 fully saturated rings. The van der Waals surface area contributed by atoms with Crippen molar-refractivity contribution in [3.05, 3.63) is 51.3 Å². The van der Waals surface area contributed by atoms with Crippen molar-refractivity contribution in [1.82, 2.24) is 19.7 Å². The lowest BCUT2D eigenvalue weighted by Crippen LogP contribution is -2.64. The minimum absolute atomic E-state index is 0.0562. The van der Waals surface area contributed by atoms with Gasteiger partial charge in [-0.1, -0.05) is 12.1 Å². The average molecular weight is 481 g/mol. The summed E-state index contributed by atoms with van der Waals surface area (Å²) in [7, 11) is 0. The Kier molecular flexibility index (Phi) is 5.42. The summed E-state index contributed by atoms with van der Waals surface area (Å²) in [6.45, 7) is 3.74. The molecule has 0 bridgehead atoms. The van der Waals surface area contributed by atoms with Gasteiger partial charge in [0.1, 0.15) is 5.69 Å². The van der Waals surface area contributed by atoms with E-state index in [1.807, 2.05) is 0 Å². The van der Waals surface area contributed by atoms with Crippen LogP contribution in [-0.2, 0) is 6.18 Å². The highest BCUT2D eigenvalue weighted by molar-refractivity contribution is 7.21. The quantitative estimate of drug-likeness (QED) is 0.574. The van der Waals surface area contributed by atoms with Crippen molar-refractivity contribution in [3.63, 3.8) is 0 Å². The highest BCUT2D eigenvalue weighted by Crippen LogP contribution is 2.39. The van der Waals surface area contributed by atoms with Crippen LogP contribution in [0.25, 0.3) is 10.1 Å². The number of carbonyl (C=O) groups excluding carboxylic acids is 2. The SMILES string of the molecule is O=C(c1cscn1)N1CCN(C2CN(C(=O)c3cc4cccc(C(F)(F)F)c4s3)C2)CC1. The molecule has 11 heteroatoms. The number of piperazine rings is 1. The van der Waals surface area contributed by atoms with Gasteiger partial charge in [0.2, 0.25) is 0 Å². The molecule has 5 rings (SSSR count). The van der Waals surface area contributed by atoms with Gasteiger partial charge in [0.15, 0.2) is 0 Å². The Labute approximate surface area is 189 Å². The number of fused-ring (bicyclic) bond motifs is 1. The summed E-state index contributed by atoms with van der Waals surface area (Å²) in [6.07, 6.45) is -4.45. The second-order valence-electron chi connectivity index (χ2n) is 7.90. The van der Waals surface area contributed by atoms with E-state index in [9.17, 15) is 22.8 Å². The molecule has 0 unspecified atom stereocenters. The molecule has 0 N–H and O–H groups in total. The summed E-state index contributed by atoms with van der Waals surface area (Å²) in [5, 5.41) is 2.18. The molecule has 2 aliphatic rings. The number of nitrogens with zero attached hydrogens (tertiary/aromatic N) is 4. The van der Waals surface area contributed by atoms with Crippen LogP contribution >= 0.6 is 22.7 Å². The third-order valence-electron chi connectivity index (χ3n) is 5.98. The summed E-state index contributed by atoms with van der Waals surface area (Å²) < 4.78 is 39.9. The zero-order valence-electron chi connectivity index (χ0n) is 16.8. The normalized spacial score (nSPS) is 18.2. The Bertz CT molecular complexity index is 1150. The number of thiophene rings is 1. The van der Waals surface area contributed by atoms with Crippen LogP contribution in [-0.4, -0.2) is 76.8 Å². The van der Waals surface area contributed by atoms with Crippen LogP contribution in [0.1, 0.15) is 25.7 Å². The number of hydrogen-bond donors (Lipinski definition) is 0. The fourth-order valence-corrected chi connectivity index (χ4v) is 5.86. The summed E-state index contributed by atoms with van der Waals surface area (Å²) in [4.78, 5) is 35.4. The molecule has 0 radical (unpaired) electrons. The van der Waals surface area contributed by atoms with Crippen molar-refractivity contribution in [2.45, 2.75) is 12.2 Å². The smallest absolute Gasteiger partial charge is 0.335 e. The van der Waals surface area contributed by atoms with Crippen LogP contribution in [0.4, 0.5) is 13.2 Å². The molecule has 0 aliphatic carbocycles. The lowest BCUT2D eigenvalue weighted by atomic mass is 10.1. The third kappa shape index (κ3) is 3.89. The molecule has 6 nitrogen and oxygen atoms in total. The van der Waals surface area contributed by atoms with Crippen LogP contribution < -0.4 is 0 Å². The number of rotatable bonds is 3. The molecule has 4 heterocycles. The van der Waals surface area contributed by atoms with E-state index in [4.69, 9.17) is 0 Å². The Hall–Kier alpha value is -2.50. The number of likely N-dealkylation sites (tertiary alicyclic amines) is 1. The first-order chi connectivity index (χ1) is 15.3. The molecule has 2 aliphatic heterocycles. The molecule has 1 aromatic carbocycles. The monoisotopic (exact) mass is 480 g/mol. The zero-order chi connectivity index (χ0) is 22.5. The van der Waals surface area contributed by atoms with Crippen molar-refractivity contribution < 1.29 is 22.8 Å². The van der Waals surface area contributed by atoms with Crippen LogP contribution in [0.2, 0.25) is 0 Å². The zero-order valence-corrected chi connectivity index (χ0v) is 18.5. The van der Waals surface area contributed by atoms with Gasteiger partial charge in [-0.05, 0) is 17.5 Å². The molecular weight excluding hydrogens is 461 g/mol. The van der Waals surface area contributed by atoms with E-state index in [2.05, 4.69) is 9.88 Å². The first-order valence-corrected chi connectivity index (χ1v) is 11.9. The molecule has 168 valence electrons. The van der Waals surface area contributed by atoms with Crippen molar-refractivity contribution in [1.29, 1.82) is 0 Å². The van der Waals surface area contributed by atoms with Gasteiger partial charge >= 0.3 is 6.18 Å². The van der Waals surface area contributed by atoms with Crippen molar-refractivity contribution in [2.24, 2.45) is 0 Å². The van der Waals surface area contributed by atoms with E-state index >= 15 is 0 Å². The molecule has 0 spiro atoms. The Morgan fingerprint density at radius 3 is 2.44 bits per heavy atom. The topological polar surface area (TPSA) is 56.8 Å². The van der Waals surface area contributed by atoms with Crippen LogP contribution in [0.3, 0.4) is 0 Å². The van der Waals surface area contributed by atoms with Gasteiger partial charge in [0.05, 0.1) is 16.0 Å². The lowest BCUT2D eigenvalue weighted by Gasteiger charge is -2.48. The molecule has 0 atom stereocenters. The van der Waals surface area contributed by atoms with Gasteiger partial charge < -0.3 is 9.80 Å². The maximum absolute atomic E-state index is 13.3. The lowest BCUT2D eigenvalue weighted by molar-refractivity contribution is -0.136. The largest absolute Gasteiger partial charge is 0.417 e. The average Bonchev–Trinajstić information content (AvgIpc) is 3.41. The predicted octanol–water partition coefficient (Wildman–Crippen LogP) is 3.66. The molecule has 2 saturated heterocycles. The number of hydrogen-bond acceptors (Lipinski definition) is 6. The first kappa shape index (κ1) is 21.4. The van der Waals surface area contributed by atoms with E-state index in [-0.39, 0.29) is 22.6 Å². The molecule has 2 amide bonds. The highest BCUT2D eigenvalue weighted by atomic mass is 32.1. The molecule has 0 saturated carbocycles. The Morgan fingerprint density at radius 1 is 1.03 bits per heavy atom. The van der Waals surface area contributed by atoms with Crippen molar-refractivity contribution in [2.75, 3.05) is 39.3 Å². The Balaban J connectivity index is 1.18. The standard InChI is InChI=1S/C21H19F3N4O2S2/c22-21(23,24)15-3-1-2-13-8-17(32-18(13)15)20(30)28-9-14(10-28)26-4-6-27(7-5-26)19(29)16-11-31-12-25-16/h1-3,8,11-12,14H,4-7,9-10H2. The van der Waals surface area contributed by atoms with Gasteiger partial charge in [-0.2, -0.15) is 13.2 Å². The summed E-state index contributed by atoms with van der Waals surface area (Å²) in [5.74, 6) is -0.285. The van der Waals surface area contributed by atoms with Crippen LogP contribution in [0.15, 0.2) is 35.2 Å². The van der Waals surface area contributed by atoms with E-state index in [0.717, 1.165) is 30.5 Å². The number of amides is 2.